The van der Waals surface area contributed by atoms with Gasteiger partial charge in [-0.25, -0.2) is 9.37 Å². The number of benzene rings is 1. The van der Waals surface area contributed by atoms with Crippen molar-refractivity contribution in [3.05, 3.63) is 65.2 Å². The molecule has 0 bridgehead atoms. The number of amides is 1. The second-order valence-electron chi connectivity index (χ2n) is 7.73. The third kappa shape index (κ3) is 2.97. The summed E-state index contributed by atoms with van der Waals surface area (Å²) in [5.74, 6) is -0.247. The Labute approximate surface area is 167 Å². The van der Waals surface area contributed by atoms with Gasteiger partial charge in [0.15, 0.2) is 0 Å². The average Bonchev–Trinajstić information content (AvgIpc) is 3.46. The maximum Gasteiger partial charge on any atom is 0.256 e. The van der Waals surface area contributed by atoms with Crippen molar-refractivity contribution in [3.8, 4) is 0 Å². The molecule has 2 N–H and O–H groups in total. The molecule has 2 aliphatic heterocycles. The van der Waals surface area contributed by atoms with Crippen LogP contribution in [0.4, 0.5) is 4.39 Å². The van der Waals surface area contributed by atoms with E-state index in [2.05, 4.69) is 22.4 Å². The number of hydrazone groups is 1. The second-order valence-corrected chi connectivity index (χ2v) is 7.73. The first-order valence-corrected chi connectivity index (χ1v) is 9.95. The number of hydrogen-bond acceptors (Lipinski definition) is 4. The van der Waals surface area contributed by atoms with Gasteiger partial charge in [-0.2, -0.15) is 5.10 Å². The van der Waals surface area contributed by atoms with Crippen LogP contribution in [0.3, 0.4) is 0 Å². The molecule has 0 aliphatic carbocycles. The number of halogens is 1. The third-order valence-corrected chi connectivity index (χ3v) is 5.96. The Balaban J connectivity index is 1.46. The Hall–Kier alpha value is -3.22. The minimum Gasteiger partial charge on any atom is -0.345 e. The highest BCUT2D eigenvalue weighted by molar-refractivity contribution is 6.06. The van der Waals surface area contributed by atoms with Crippen LogP contribution in [0.15, 0.2) is 47.7 Å². The Kier molecular flexibility index (Phi) is 4.30. The Morgan fingerprint density at radius 1 is 1.24 bits per heavy atom. The fourth-order valence-electron chi connectivity index (χ4n) is 4.40. The number of aromatic amines is 1. The van der Waals surface area contributed by atoms with E-state index in [0.717, 1.165) is 23.9 Å². The highest BCUT2D eigenvalue weighted by Crippen LogP contribution is 2.35. The lowest BCUT2D eigenvalue weighted by atomic mass is 9.99. The van der Waals surface area contributed by atoms with Gasteiger partial charge in [-0.05, 0) is 38.0 Å². The average molecular weight is 391 g/mol. The third-order valence-electron chi connectivity index (χ3n) is 5.96. The Morgan fingerprint density at radius 2 is 2.10 bits per heavy atom. The number of likely N-dealkylation sites (tertiary alicyclic amines) is 1. The monoisotopic (exact) mass is 391 g/mol. The van der Waals surface area contributed by atoms with E-state index < -0.39 is 0 Å². The fraction of sp³-hybridized carbons (Fsp3) is 0.318. The van der Waals surface area contributed by atoms with Gasteiger partial charge in [0.2, 0.25) is 0 Å². The van der Waals surface area contributed by atoms with Crippen molar-refractivity contribution in [3.63, 3.8) is 0 Å². The first kappa shape index (κ1) is 17.8. The molecule has 0 spiro atoms. The lowest BCUT2D eigenvalue weighted by Gasteiger charge is -2.25. The molecule has 4 heterocycles. The van der Waals surface area contributed by atoms with E-state index in [-0.39, 0.29) is 29.7 Å². The highest BCUT2D eigenvalue weighted by atomic mass is 19.1. The predicted octanol–water partition coefficient (Wildman–Crippen LogP) is 3.74. The van der Waals surface area contributed by atoms with Crippen molar-refractivity contribution < 1.29 is 9.18 Å². The van der Waals surface area contributed by atoms with E-state index in [1.807, 2.05) is 24.4 Å². The number of hydrogen-bond donors (Lipinski definition) is 2. The zero-order valence-electron chi connectivity index (χ0n) is 16.1. The number of aromatic nitrogens is 2. The molecule has 2 aliphatic rings. The summed E-state index contributed by atoms with van der Waals surface area (Å²) in [7, 11) is 0. The van der Waals surface area contributed by atoms with E-state index in [0.29, 0.717) is 23.3 Å². The molecule has 5 rings (SSSR count). The number of carbonyl (C=O) groups is 1. The number of pyridine rings is 1. The summed E-state index contributed by atoms with van der Waals surface area (Å²) < 4.78 is 14.3. The van der Waals surface area contributed by atoms with Crippen molar-refractivity contribution in [2.24, 2.45) is 5.10 Å². The van der Waals surface area contributed by atoms with Crippen LogP contribution >= 0.6 is 0 Å². The number of nitrogens with zero attached hydrogens (tertiary/aromatic N) is 3. The summed E-state index contributed by atoms with van der Waals surface area (Å²) >= 11 is 0. The summed E-state index contributed by atoms with van der Waals surface area (Å²) in [6, 6.07) is 10.6. The molecule has 0 saturated carbocycles. The minimum absolute atomic E-state index is 0.0889. The number of rotatable bonds is 3. The van der Waals surface area contributed by atoms with Crippen LogP contribution in [0.5, 0.6) is 0 Å². The summed E-state index contributed by atoms with van der Waals surface area (Å²) in [5.41, 5.74) is 5.78. The number of H-pyrrole nitrogens is 1. The Morgan fingerprint density at radius 3 is 2.90 bits per heavy atom. The van der Waals surface area contributed by atoms with Gasteiger partial charge < -0.3 is 15.3 Å². The lowest BCUT2D eigenvalue weighted by Crippen LogP contribution is -2.30. The molecule has 1 fully saturated rings. The molecule has 1 saturated heterocycles. The summed E-state index contributed by atoms with van der Waals surface area (Å²) in [6.45, 7) is 2.68. The molecule has 2 aromatic heterocycles. The molecular weight excluding hydrogens is 369 g/mol. The van der Waals surface area contributed by atoms with E-state index in [1.165, 1.54) is 6.07 Å². The van der Waals surface area contributed by atoms with E-state index in [1.54, 1.807) is 23.2 Å². The molecule has 0 radical (unpaired) electrons. The van der Waals surface area contributed by atoms with Crippen LogP contribution in [-0.2, 0) is 0 Å². The summed E-state index contributed by atoms with van der Waals surface area (Å²) in [5, 5.41) is 4.90. The van der Waals surface area contributed by atoms with Crippen molar-refractivity contribution in [1.29, 1.82) is 0 Å². The van der Waals surface area contributed by atoms with Gasteiger partial charge in [0.25, 0.3) is 5.91 Å². The van der Waals surface area contributed by atoms with Crippen molar-refractivity contribution in [2.75, 3.05) is 6.54 Å². The zero-order valence-corrected chi connectivity index (χ0v) is 16.1. The zero-order chi connectivity index (χ0) is 20.0. The van der Waals surface area contributed by atoms with Crippen LogP contribution in [0, 0.1) is 5.82 Å². The number of carbonyl (C=O) groups excluding carboxylic acids is 1. The molecule has 1 amide bonds. The molecule has 6 nitrogen and oxygen atoms in total. The lowest BCUT2D eigenvalue weighted by molar-refractivity contribution is 0.0735. The van der Waals surface area contributed by atoms with E-state index in [4.69, 9.17) is 4.98 Å². The smallest absolute Gasteiger partial charge is 0.256 e. The topological polar surface area (TPSA) is 73.4 Å². The van der Waals surface area contributed by atoms with Crippen molar-refractivity contribution >= 4 is 23.2 Å². The molecule has 3 atom stereocenters. The first-order valence-electron chi connectivity index (χ1n) is 9.95. The van der Waals surface area contributed by atoms with Crippen LogP contribution in [0.25, 0.3) is 11.0 Å². The van der Waals surface area contributed by atoms with Crippen LogP contribution in [-0.4, -0.2) is 39.6 Å². The maximum absolute atomic E-state index is 14.3. The molecular formula is C22H22FN5O. The largest absolute Gasteiger partial charge is 0.345 e. The van der Waals surface area contributed by atoms with Crippen molar-refractivity contribution in [2.45, 2.75) is 37.8 Å². The van der Waals surface area contributed by atoms with Crippen LogP contribution in [0.2, 0.25) is 0 Å². The van der Waals surface area contributed by atoms with Gasteiger partial charge in [0.1, 0.15) is 11.5 Å². The quantitative estimate of drug-likeness (QED) is 0.714. The van der Waals surface area contributed by atoms with E-state index >= 15 is 0 Å². The fourth-order valence-corrected chi connectivity index (χ4v) is 4.40. The molecule has 2 unspecified atom stereocenters. The van der Waals surface area contributed by atoms with Gasteiger partial charge in [-0.3, -0.25) is 4.79 Å². The summed E-state index contributed by atoms with van der Waals surface area (Å²) in [4.78, 5) is 23.0. The van der Waals surface area contributed by atoms with Gasteiger partial charge in [0, 0.05) is 29.9 Å². The Bertz CT molecular complexity index is 1110. The SMILES string of the molecule is CC1NN=CC1c1ccc2c(C(=O)N3CCC[C@@H]3c3ccccc3F)c[nH]c2n1. The normalized spacial score (nSPS) is 23.7. The van der Waals surface area contributed by atoms with Crippen LogP contribution < -0.4 is 5.43 Å². The molecule has 1 aromatic carbocycles. The number of nitrogens with one attached hydrogen (secondary N) is 2. The van der Waals surface area contributed by atoms with Gasteiger partial charge in [0.05, 0.1) is 29.3 Å². The molecule has 3 aromatic rings. The predicted molar refractivity (Wildman–Crippen MR) is 109 cm³/mol. The standard InChI is InChI=1S/C22H22FN5O/c1-13-16(12-25-27-13)19-9-8-14-17(11-24-21(14)26-19)22(29)28-10-4-7-20(28)15-5-2-3-6-18(15)23/h2-3,5-6,8-9,11-13,16,20,27H,4,7,10H2,1H3,(H,24,26)/t13?,16?,20-/m1/s1. The minimum atomic E-state index is -0.261. The van der Waals surface area contributed by atoms with Gasteiger partial charge >= 0.3 is 0 Å². The summed E-state index contributed by atoms with van der Waals surface area (Å²) in [6.07, 6.45) is 5.20. The van der Waals surface area contributed by atoms with E-state index in [9.17, 15) is 9.18 Å². The van der Waals surface area contributed by atoms with Crippen LogP contribution in [0.1, 0.15) is 53.3 Å². The molecule has 29 heavy (non-hydrogen) atoms. The molecule has 148 valence electrons. The van der Waals surface area contributed by atoms with Gasteiger partial charge in [-0.1, -0.05) is 18.2 Å². The highest BCUT2D eigenvalue weighted by Gasteiger charge is 2.33. The van der Waals surface area contributed by atoms with Crippen molar-refractivity contribution in [1.82, 2.24) is 20.3 Å². The second kappa shape index (κ2) is 6.99. The molecule has 7 heteroatoms. The number of fused-ring (bicyclic) bond motifs is 1. The maximum atomic E-state index is 14.3. The first-order chi connectivity index (χ1) is 14.1. The van der Waals surface area contributed by atoms with Gasteiger partial charge in [-0.15, -0.1) is 0 Å².